The van der Waals surface area contributed by atoms with Gasteiger partial charge in [0, 0.05) is 30.2 Å². The van der Waals surface area contributed by atoms with Crippen molar-refractivity contribution >= 4 is 5.91 Å². The molecule has 1 heterocycles. The van der Waals surface area contributed by atoms with Crippen molar-refractivity contribution in [1.82, 2.24) is 14.8 Å². The van der Waals surface area contributed by atoms with Gasteiger partial charge in [-0.05, 0) is 68.2 Å². The van der Waals surface area contributed by atoms with Gasteiger partial charge >= 0.3 is 0 Å². The molecule has 1 atom stereocenters. The summed E-state index contributed by atoms with van der Waals surface area (Å²) in [6.45, 7) is 0.473. The van der Waals surface area contributed by atoms with Gasteiger partial charge in [-0.3, -0.25) is 4.79 Å². The van der Waals surface area contributed by atoms with Gasteiger partial charge in [0.15, 0.2) is 11.5 Å². The van der Waals surface area contributed by atoms with Crippen molar-refractivity contribution in [3.8, 4) is 17.2 Å². The molecular formula is C23H27N3O3. The van der Waals surface area contributed by atoms with Crippen LogP contribution < -0.4 is 14.8 Å². The SMILES string of the molecule is COc1ccc(C(CNC(=O)c2ccc(-n3cccc3)cc2)N(C)C)cc1OC. The van der Waals surface area contributed by atoms with Crippen LogP contribution in [0.2, 0.25) is 0 Å². The van der Waals surface area contributed by atoms with Gasteiger partial charge in [0.25, 0.3) is 5.91 Å². The predicted molar refractivity (Wildman–Crippen MR) is 114 cm³/mol. The first kappa shape index (κ1) is 20.5. The molecule has 152 valence electrons. The average molecular weight is 393 g/mol. The van der Waals surface area contributed by atoms with Crippen molar-refractivity contribution < 1.29 is 14.3 Å². The van der Waals surface area contributed by atoms with Crippen LogP contribution in [0.25, 0.3) is 5.69 Å². The van der Waals surface area contributed by atoms with E-state index in [1.165, 1.54) is 0 Å². The van der Waals surface area contributed by atoms with Crippen LogP contribution in [0, 0.1) is 0 Å². The average Bonchev–Trinajstić information content (AvgIpc) is 3.28. The first-order valence-corrected chi connectivity index (χ1v) is 9.43. The van der Waals surface area contributed by atoms with E-state index in [1.54, 1.807) is 14.2 Å². The van der Waals surface area contributed by atoms with Crippen molar-refractivity contribution in [3.05, 3.63) is 78.1 Å². The fourth-order valence-corrected chi connectivity index (χ4v) is 3.24. The number of likely N-dealkylation sites (N-methyl/N-ethyl adjacent to an activating group) is 1. The lowest BCUT2D eigenvalue weighted by molar-refractivity contribution is 0.0942. The number of rotatable bonds is 8. The van der Waals surface area contributed by atoms with Gasteiger partial charge in [-0.15, -0.1) is 0 Å². The molecule has 1 unspecified atom stereocenters. The maximum atomic E-state index is 12.6. The van der Waals surface area contributed by atoms with Crippen LogP contribution in [-0.4, -0.2) is 50.2 Å². The topological polar surface area (TPSA) is 55.7 Å². The largest absolute Gasteiger partial charge is 0.493 e. The molecule has 0 saturated carbocycles. The first-order valence-electron chi connectivity index (χ1n) is 9.43. The highest BCUT2D eigenvalue weighted by Gasteiger charge is 2.18. The summed E-state index contributed by atoms with van der Waals surface area (Å²) in [7, 11) is 7.20. The Labute approximate surface area is 171 Å². The van der Waals surface area contributed by atoms with Gasteiger partial charge in [-0.2, -0.15) is 0 Å². The maximum absolute atomic E-state index is 12.6. The zero-order valence-electron chi connectivity index (χ0n) is 17.3. The molecule has 29 heavy (non-hydrogen) atoms. The summed E-state index contributed by atoms with van der Waals surface area (Å²) in [5.74, 6) is 1.25. The molecule has 0 radical (unpaired) electrons. The molecule has 0 spiro atoms. The Kier molecular flexibility index (Phi) is 6.57. The van der Waals surface area contributed by atoms with Gasteiger partial charge in [0.2, 0.25) is 0 Å². The third-order valence-corrected chi connectivity index (χ3v) is 4.90. The Morgan fingerprint density at radius 1 is 1.00 bits per heavy atom. The zero-order valence-corrected chi connectivity index (χ0v) is 17.3. The molecule has 3 rings (SSSR count). The van der Waals surface area contributed by atoms with Crippen LogP contribution in [0.1, 0.15) is 22.0 Å². The molecule has 0 aliphatic carbocycles. The van der Waals surface area contributed by atoms with Crippen LogP contribution >= 0.6 is 0 Å². The van der Waals surface area contributed by atoms with E-state index >= 15 is 0 Å². The Bertz CT molecular complexity index is 935. The maximum Gasteiger partial charge on any atom is 0.251 e. The number of hydrogen-bond acceptors (Lipinski definition) is 4. The molecule has 2 aromatic carbocycles. The minimum Gasteiger partial charge on any atom is -0.493 e. The summed E-state index contributed by atoms with van der Waals surface area (Å²) in [6.07, 6.45) is 3.94. The van der Waals surface area contributed by atoms with Gasteiger partial charge in [-0.1, -0.05) is 6.07 Å². The number of carbonyl (C=O) groups excluding carboxylic acids is 1. The van der Waals surface area contributed by atoms with Gasteiger partial charge in [-0.25, -0.2) is 0 Å². The number of ether oxygens (including phenoxy) is 2. The standard InChI is InChI=1S/C23H27N3O3/c1-25(2)20(18-9-12-21(28-3)22(15-18)29-4)16-24-23(27)17-7-10-19(11-8-17)26-13-5-6-14-26/h5-15,20H,16H2,1-4H3,(H,24,27). The number of amides is 1. The van der Waals surface area contributed by atoms with E-state index in [9.17, 15) is 4.79 Å². The minimum atomic E-state index is -0.101. The van der Waals surface area contributed by atoms with Crippen molar-refractivity contribution in [2.45, 2.75) is 6.04 Å². The summed E-state index contributed by atoms with van der Waals surface area (Å²) < 4.78 is 12.7. The van der Waals surface area contributed by atoms with E-state index in [0.717, 1.165) is 11.3 Å². The third-order valence-electron chi connectivity index (χ3n) is 4.90. The molecule has 0 aliphatic rings. The fourth-order valence-electron chi connectivity index (χ4n) is 3.24. The number of nitrogens with zero attached hydrogens (tertiary/aromatic N) is 2. The number of benzene rings is 2. The van der Waals surface area contributed by atoms with Crippen LogP contribution in [0.5, 0.6) is 11.5 Å². The summed E-state index contributed by atoms with van der Waals surface area (Å²) in [4.78, 5) is 14.7. The number of methoxy groups -OCH3 is 2. The van der Waals surface area contributed by atoms with Crippen molar-refractivity contribution in [2.75, 3.05) is 34.9 Å². The molecule has 0 saturated heterocycles. The van der Waals surface area contributed by atoms with Gasteiger partial charge in [0.05, 0.1) is 20.3 Å². The van der Waals surface area contributed by atoms with Crippen molar-refractivity contribution in [1.29, 1.82) is 0 Å². The zero-order chi connectivity index (χ0) is 20.8. The van der Waals surface area contributed by atoms with Crippen molar-refractivity contribution in [2.24, 2.45) is 0 Å². The second-order valence-corrected chi connectivity index (χ2v) is 6.94. The second kappa shape index (κ2) is 9.30. The highest BCUT2D eigenvalue weighted by Crippen LogP contribution is 2.31. The van der Waals surface area contributed by atoms with Gasteiger partial charge in [0.1, 0.15) is 0 Å². The molecular weight excluding hydrogens is 366 g/mol. The molecule has 3 aromatic rings. The predicted octanol–water partition coefficient (Wildman–Crippen LogP) is 3.53. The number of hydrogen-bond donors (Lipinski definition) is 1. The molecule has 1 N–H and O–H groups in total. The van der Waals surface area contributed by atoms with E-state index in [4.69, 9.17) is 9.47 Å². The normalized spacial score (nSPS) is 11.9. The summed E-state index contributed by atoms with van der Waals surface area (Å²) in [5.41, 5.74) is 2.68. The molecule has 1 amide bonds. The highest BCUT2D eigenvalue weighted by molar-refractivity contribution is 5.94. The Morgan fingerprint density at radius 2 is 1.66 bits per heavy atom. The Morgan fingerprint density at radius 3 is 2.24 bits per heavy atom. The quantitative estimate of drug-likeness (QED) is 0.636. The molecule has 6 nitrogen and oxygen atoms in total. The lowest BCUT2D eigenvalue weighted by Gasteiger charge is -2.26. The van der Waals surface area contributed by atoms with Crippen LogP contribution in [0.4, 0.5) is 0 Å². The van der Waals surface area contributed by atoms with E-state index in [-0.39, 0.29) is 11.9 Å². The summed E-state index contributed by atoms with van der Waals surface area (Å²) in [6, 6.07) is 17.3. The summed E-state index contributed by atoms with van der Waals surface area (Å²) in [5, 5.41) is 3.04. The van der Waals surface area contributed by atoms with Crippen molar-refractivity contribution in [3.63, 3.8) is 0 Å². The lowest BCUT2D eigenvalue weighted by atomic mass is 10.0. The highest BCUT2D eigenvalue weighted by atomic mass is 16.5. The molecule has 6 heteroatoms. The Balaban J connectivity index is 1.69. The van der Waals surface area contributed by atoms with E-state index < -0.39 is 0 Å². The molecule has 0 bridgehead atoms. The second-order valence-electron chi connectivity index (χ2n) is 6.94. The minimum absolute atomic E-state index is 0.00194. The Hall–Kier alpha value is -3.25. The summed E-state index contributed by atoms with van der Waals surface area (Å²) >= 11 is 0. The fraction of sp³-hybridized carbons (Fsp3) is 0.261. The molecule has 1 aromatic heterocycles. The number of carbonyl (C=O) groups is 1. The van der Waals surface area contributed by atoms with Crippen LogP contribution in [-0.2, 0) is 0 Å². The monoisotopic (exact) mass is 393 g/mol. The van der Waals surface area contributed by atoms with Crippen LogP contribution in [0.3, 0.4) is 0 Å². The van der Waals surface area contributed by atoms with Crippen LogP contribution in [0.15, 0.2) is 67.0 Å². The third kappa shape index (κ3) is 4.78. The first-order chi connectivity index (χ1) is 14.0. The lowest BCUT2D eigenvalue weighted by Crippen LogP contribution is -2.34. The molecule has 0 aliphatic heterocycles. The molecule has 0 fully saturated rings. The van der Waals surface area contributed by atoms with Gasteiger partial charge < -0.3 is 24.3 Å². The number of nitrogens with one attached hydrogen (secondary N) is 1. The van der Waals surface area contributed by atoms with E-state index in [1.807, 2.05) is 85.7 Å². The number of aromatic nitrogens is 1. The van der Waals surface area contributed by atoms with E-state index in [2.05, 4.69) is 10.2 Å². The smallest absolute Gasteiger partial charge is 0.251 e. The van der Waals surface area contributed by atoms with E-state index in [0.29, 0.717) is 23.6 Å².